The summed E-state index contributed by atoms with van der Waals surface area (Å²) in [5.41, 5.74) is 3.67. The molecule has 166 valence electrons. The largest absolute Gasteiger partial charge is 0.388 e. The van der Waals surface area contributed by atoms with E-state index in [0.717, 1.165) is 24.8 Å². The summed E-state index contributed by atoms with van der Waals surface area (Å²) in [6.07, 6.45) is 12.4. The molecule has 0 spiro atoms. The molecule has 0 amide bonds. The molecule has 0 aliphatic heterocycles. The van der Waals surface area contributed by atoms with Gasteiger partial charge >= 0.3 is 0 Å². The Balaban J connectivity index is -0.000000363. The molecular weight excluding hydrogens is 350 g/mol. The molecule has 1 unspecified atom stereocenters. The van der Waals surface area contributed by atoms with Crippen molar-refractivity contribution in [2.45, 2.75) is 91.6 Å². The molecule has 0 fully saturated rings. The van der Waals surface area contributed by atoms with Crippen molar-refractivity contribution in [3.8, 4) is 0 Å². The Labute approximate surface area is 174 Å². The maximum atomic E-state index is 9.98. The van der Waals surface area contributed by atoms with Crippen LogP contribution < -0.4 is 16.6 Å². The van der Waals surface area contributed by atoms with E-state index in [1.807, 2.05) is 51.1 Å². The average molecular weight is 398 g/mol. The standard InChI is InChI=1S/C11H22O.C8H13N3.C2H6O.C2H6/c1-2-3-4-5-6-7-8-9-10-11-12;1-7(11-9)10-8-5-3-2-4-6-8;1-3-2;1-2/h11H,2-10H2,1H3;2-7,10-11H,9H2,1H3;1-2H3;1-2H3. The Bertz CT molecular complexity index is 375. The molecule has 0 aromatic heterocycles. The van der Waals surface area contributed by atoms with Crippen LogP contribution >= 0.6 is 0 Å². The lowest BCUT2D eigenvalue weighted by Crippen LogP contribution is -2.38. The van der Waals surface area contributed by atoms with Crippen LogP contribution in [0.15, 0.2) is 30.3 Å². The molecule has 1 rings (SSSR count). The number of hydrazine groups is 1. The van der Waals surface area contributed by atoms with Crippen molar-refractivity contribution in [1.82, 2.24) is 5.43 Å². The second-order valence-corrected chi connectivity index (χ2v) is 6.24. The summed E-state index contributed by atoms with van der Waals surface area (Å²) >= 11 is 0. The molecule has 5 nitrogen and oxygen atoms in total. The highest BCUT2D eigenvalue weighted by molar-refractivity contribution is 5.48. The third kappa shape index (κ3) is 29.3. The van der Waals surface area contributed by atoms with Crippen molar-refractivity contribution >= 4 is 12.0 Å². The number of carbonyl (C=O) groups excluding carboxylic acids is 1. The van der Waals surface area contributed by atoms with Gasteiger partial charge < -0.3 is 14.8 Å². The summed E-state index contributed by atoms with van der Waals surface area (Å²) < 4.78 is 4.25. The normalized spacial score (nSPS) is 10.1. The minimum Gasteiger partial charge on any atom is -0.388 e. The number of aldehydes is 1. The van der Waals surface area contributed by atoms with Crippen molar-refractivity contribution < 1.29 is 9.53 Å². The smallest absolute Gasteiger partial charge is 0.119 e. The van der Waals surface area contributed by atoms with Gasteiger partial charge in [-0.2, -0.15) is 0 Å². The maximum Gasteiger partial charge on any atom is 0.119 e. The van der Waals surface area contributed by atoms with Gasteiger partial charge in [-0.25, -0.2) is 5.43 Å². The Kier molecular flexibility index (Phi) is 33.8. The van der Waals surface area contributed by atoms with Crippen LogP contribution in [0.1, 0.15) is 85.5 Å². The minimum atomic E-state index is 0.0948. The van der Waals surface area contributed by atoms with Crippen molar-refractivity contribution in [2.24, 2.45) is 5.84 Å². The summed E-state index contributed by atoms with van der Waals surface area (Å²) in [6, 6.07) is 9.92. The molecule has 0 bridgehead atoms. The molecule has 0 radical (unpaired) electrons. The predicted molar refractivity (Wildman–Crippen MR) is 124 cm³/mol. The van der Waals surface area contributed by atoms with Gasteiger partial charge in [-0.3, -0.25) is 5.84 Å². The van der Waals surface area contributed by atoms with Crippen molar-refractivity contribution in [3.63, 3.8) is 0 Å². The summed E-state index contributed by atoms with van der Waals surface area (Å²) in [7, 11) is 3.25. The molecule has 1 aromatic carbocycles. The number of nitrogens with two attached hydrogens (primary N) is 1. The van der Waals surface area contributed by atoms with Crippen LogP contribution in [0.4, 0.5) is 5.69 Å². The van der Waals surface area contributed by atoms with E-state index in [2.05, 4.69) is 22.4 Å². The molecule has 0 saturated heterocycles. The molecule has 1 aromatic rings. The van der Waals surface area contributed by atoms with Gasteiger partial charge in [0, 0.05) is 26.3 Å². The van der Waals surface area contributed by atoms with Gasteiger partial charge in [0.25, 0.3) is 0 Å². The van der Waals surface area contributed by atoms with Crippen LogP contribution in [-0.4, -0.2) is 26.7 Å². The SMILES string of the molecule is CC.CC(NN)Nc1ccccc1.CCCCCCCCCCC=O.COC. The first-order chi connectivity index (χ1) is 13.7. The van der Waals surface area contributed by atoms with E-state index in [4.69, 9.17) is 5.84 Å². The third-order valence-electron chi connectivity index (χ3n) is 3.58. The van der Waals surface area contributed by atoms with Crippen LogP contribution in [0.3, 0.4) is 0 Å². The first kappa shape index (κ1) is 31.3. The number of benzene rings is 1. The highest BCUT2D eigenvalue weighted by Crippen LogP contribution is 2.08. The summed E-state index contributed by atoms with van der Waals surface area (Å²) in [5.74, 6) is 5.21. The summed E-state index contributed by atoms with van der Waals surface area (Å²) in [5, 5.41) is 3.16. The number of hydrogen-bond donors (Lipinski definition) is 3. The zero-order valence-electron chi connectivity index (χ0n) is 19.3. The van der Waals surface area contributed by atoms with Crippen molar-refractivity contribution in [1.29, 1.82) is 0 Å². The van der Waals surface area contributed by atoms with Gasteiger partial charge in [0.05, 0.1) is 6.17 Å². The lowest BCUT2D eigenvalue weighted by molar-refractivity contribution is -0.107. The molecule has 0 heterocycles. The van der Waals surface area contributed by atoms with Crippen LogP contribution in [0, 0.1) is 0 Å². The van der Waals surface area contributed by atoms with Crippen LogP contribution in [0.5, 0.6) is 0 Å². The lowest BCUT2D eigenvalue weighted by atomic mass is 10.1. The number of rotatable bonds is 12. The average Bonchev–Trinajstić information content (AvgIpc) is 2.73. The zero-order chi connectivity index (χ0) is 21.9. The molecule has 4 N–H and O–H groups in total. The summed E-state index contributed by atoms with van der Waals surface area (Å²) in [6.45, 7) is 8.19. The predicted octanol–water partition coefficient (Wildman–Crippen LogP) is 5.91. The molecule has 1 atom stereocenters. The fourth-order valence-corrected chi connectivity index (χ4v) is 2.19. The molecule has 5 heteroatoms. The van der Waals surface area contributed by atoms with Crippen molar-refractivity contribution in [3.05, 3.63) is 30.3 Å². The Morgan fingerprint density at radius 2 is 1.43 bits per heavy atom. The number of nitrogens with one attached hydrogen (secondary N) is 2. The van der Waals surface area contributed by atoms with Crippen molar-refractivity contribution in [2.75, 3.05) is 19.5 Å². The van der Waals surface area contributed by atoms with Gasteiger partial charge in [-0.05, 0) is 25.5 Å². The van der Waals surface area contributed by atoms with Gasteiger partial charge in [0.2, 0.25) is 0 Å². The van der Waals surface area contributed by atoms with Gasteiger partial charge in [0.15, 0.2) is 0 Å². The number of unbranched alkanes of at least 4 members (excludes halogenated alkanes) is 8. The van der Waals surface area contributed by atoms with Gasteiger partial charge in [-0.15, -0.1) is 0 Å². The second kappa shape index (κ2) is 30.3. The van der Waals surface area contributed by atoms with E-state index in [9.17, 15) is 4.79 Å². The molecule has 0 aliphatic rings. The minimum absolute atomic E-state index is 0.0948. The molecule has 0 aliphatic carbocycles. The van der Waals surface area contributed by atoms with Crippen LogP contribution in [0.2, 0.25) is 0 Å². The number of para-hydroxylation sites is 1. The quantitative estimate of drug-likeness (QED) is 0.134. The Morgan fingerprint density at radius 1 is 0.964 bits per heavy atom. The third-order valence-corrected chi connectivity index (χ3v) is 3.58. The van der Waals surface area contributed by atoms with Gasteiger partial charge in [0.1, 0.15) is 6.29 Å². The molecule has 28 heavy (non-hydrogen) atoms. The lowest BCUT2D eigenvalue weighted by Gasteiger charge is -2.12. The number of carbonyl (C=O) groups is 1. The van der Waals surface area contributed by atoms with E-state index in [0.29, 0.717) is 0 Å². The monoisotopic (exact) mass is 397 g/mol. The fraction of sp³-hybridized carbons (Fsp3) is 0.696. The van der Waals surface area contributed by atoms with E-state index in [-0.39, 0.29) is 6.17 Å². The fourth-order valence-electron chi connectivity index (χ4n) is 2.19. The number of ether oxygens (including phenoxy) is 1. The maximum absolute atomic E-state index is 9.98. The molecule has 0 saturated carbocycles. The number of methoxy groups -OCH3 is 1. The second-order valence-electron chi connectivity index (χ2n) is 6.24. The summed E-state index contributed by atoms with van der Waals surface area (Å²) in [4.78, 5) is 9.98. The molecular formula is C23H47N3O2. The zero-order valence-corrected chi connectivity index (χ0v) is 19.3. The topological polar surface area (TPSA) is 76.4 Å². The van der Waals surface area contributed by atoms with E-state index in [1.54, 1.807) is 14.2 Å². The van der Waals surface area contributed by atoms with Crippen LogP contribution in [0.25, 0.3) is 0 Å². The Morgan fingerprint density at radius 3 is 1.86 bits per heavy atom. The highest BCUT2D eigenvalue weighted by Gasteiger charge is 1.95. The number of hydrogen-bond acceptors (Lipinski definition) is 5. The van der Waals surface area contributed by atoms with E-state index in [1.165, 1.54) is 44.9 Å². The van der Waals surface area contributed by atoms with Gasteiger partial charge in [-0.1, -0.05) is 83.9 Å². The first-order valence-electron chi connectivity index (χ1n) is 10.8. The van der Waals surface area contributed by atoms with Crippen LogP contribution in [-0.2, 0) is 9.53 Å². The van der Waals surface area contributed by atoms with E-state index < -0.39 is 0 Å². The highest BCUT2D eigenvalue weighted by atomic mass is 16.4. The first-order valence-corrected chi connectivity index (χ1v) is 10.8. The van der Waals surface area contributed by atoms with E-state index >= 15 is 0 Å². The number of anilines is 1. The Hall–Kier alpha value is -1.43.